The fourth-order valence-electron chi connectivity index (χ4n) is 2.81. The second-order valence-electron chi connectivity index (χ2n) is 8.07. The van der Waals surface area contributed by atoms with Gasteiger partial charge in [-0.15, -0.1) is 0 Å². The Morgan fingerprint density at radius 1 is 0.794 bits per heavy atom. The summed E-state index contributed by atoms with van der Waals surface area (Å²) in [6.07, 6.45) is 0.448. The molecule has 0 aliphatic carbocycles. The summed E-state index contributed by atoms with van der Waals surface area (Å²) in [5, 5.41) is 34.2. The van der Waals surface area contributed by atoms with Crippen molar-refractivity contribution in [1.82, 2.24) is 16.0 Å². The van der Waals surface area contributed by atoms with Crippen LogP contribution in [0.1, 0.15) is 46.0 Å². The molecule has 0 saturated heterocycles. The smallest absolute Gasteiger partial charge is 0.326 e. The molecule has 0 bridgehead atoms. The molecule has 13 nitrogen and oxygen atoms in total. The Bertz CT molecular complexity index is 748. The van der Waals surface area contributed by atoms with E-state index in [1.165, 1.54) is 11.8 Å². The largest absolute Gasteiger partial charge is 0.481 e. The van der Waals surface area contributed by atoms with E-state index in [9.17, 15) is 33.9 Å². The van der Waals surface area contributed by atoms with Gasteiger partial charge >= 0.3 is 17.9 Å². The van der Waals surface area contributed by atoms with Crippen molar-refractivity contribution >= 4 is 47.4 Å². The monoisotopic (exact) mass is 506 g/mol. The van der Waals surface area contributed by atoms with Crippen LogP contribution in [0, 0.1) is 5.92 Å². The lowest BCUT2D eigenvalue weighted by atomic mass is 10.0. The van der Waals surface area contributed by atoms with E-state index in [-0.39, 0.29) is 25.2 Å². The highest BCUT2D eigenvalue weighted by Crippen LogP contribution is 2.08. The van der Waals surface area contributed by atoms with Gasteiger partial charge in [-0.25, -0.2) is 4.79 Å². The summed E-state index contributed by atoms with van der Waals surface area (Å²) in [4.78, 5) is 71.3. The molecule has 194 valence electrons. The minimum atomic E-state index is -1.59. The zero-order chi connectivity index (χ0) is 26.4. The van der Waals surface area contributed by atoms with E-state index in [0.29, 0.717) is 5.75 Å². The van der Waals surface area contributed by atoms with Crippen LogP contribution in [0.5, 0.6) is 0 Å². The van der Waals surface area contributed by atoms with Crippen LogP contribution >= 0.6 is 11.8 Å². The Balaban J connectivity index is 5.55. The fourth-order valence-corrected chi connectivity index (χ4v) is 3.30. The Labute approximate surface area is 201 Å². The SMILES string of the molecule is CSCCC(N)C(=O)NC(CC(=O)O)C(=O)NC(CCC(=O)O)C(=O)NC(CC(C)C)C(=O)O. The van der Waals surface area contributed by atoms with Crippen LogP contribution in [-0.4, -0.2) is 87.1 Å². The second-order valence-corrected chi connectivity index (χ2v) is 9.06. The van der Waals surface area contributed by atoms with Crippen molar-refractivity contribution in [3.63, 3.8) is 0 Å². The van der Waals surface area contributed by atoms with Crippen molar-refractivity contribution in [2.75, 3.05) is 12.0 Å². The zero-order valence-corrected chi connectivity index (χ0v) is 20.2. The van der Waals surface area contributed by atoms with Crippen LogP contribution in [0.15, 0.2) is 0 Å². The maximum atomic E-state index is 12.7. The molecule has 0 heterocycles. The number of rotatable bonds is 17. The van der Waals surface area contributed by atoms with Gasteiger partial charge in [-0.3, -0.25) is 24.0 Å². The summed E-state index contributed by atoms with van der Waals surface area (Å²) >= 11 is 1.45. The first-order chi connectivity index (χ1) is 15.8. The minimum Gasteiger partial charge on any atom is -0.481 e. The van der Waals surface area contributed by atoms with Crippen LogP contribution in [0.25, 0.3) is 0 Å². The maximum Gasteiger partial charge on any atom is 0.326 e. The topological polar surface area (TPSA) is 225 Å². The van der Waals surface area contributed by atoms with Gasteiger partial charge in [0.25, 0.3) is 0 Å². The summed E-state index contributed by atoms with van der Waals surface area (Å²) in [6, 6.07) is -5.33. The van der Waals surface area contributed by atoms with Crippen LogP contribution in [-0.2, 0) is 28.8 Å². The number of hydrogen-bond donors (Lipinski definition) is 7. The first-order valence-electron chi connectivity index (χ1n) is 10.6. The number of carbonyl (C=O) groups excluding carboxylic acids is 3. The molecule has 0 saturated carbocycles. The molecule has 0 aromatic carbocycles. The number of nitrogens with two attached hydrogens (primary N) is 1. The molecule has 0 aliphatic heterocycles. The van der Waals surface area contributed by atoms with Crippen molar-refractivity contribution in [3.05, 3.63) is 0 Å². The number of carbonyl (C=O) groups is 6. The highest BCUT2D eigenvalue weighted by Gasteiger charge is 2.31. The zero-order valence-electron chi connectivity index (χ0n) is 19.4. The van der Waals surface area contributed by atoms with Crippen molar-refractivity contribution < 1.29 is 44.1 Å². The third-order valence-corrected chi connectivity index (χ3v) is 5.23. The summed E-state index contributed by atoms with van der Waals surface area (Å²) in [6.45, 7) is 3.49. The van der Waals surface area contributed by atoms with Gasteiger partial charge in [-0.1, -0.05) is 13.8 Å². The number of carboxylic acid groups (broad SMARTS) is 3. The first-order valence-corrected chi connectivity index (χ1v) is 12.0. The average Bonchev–Trinajstić information content (AvgIpc) is 2.72. The van der Waals surface area contributed by atoms with Crippen molar-refractivity contribution in [3.8, 4) is 0 Å². The van der Waals surface area contributed by atoms with Gasteiger partial charge in [-0.05, 0) is 37.2 Å². The van der Waals surface area contributed by atoms with E-state index < -0.39 is 72.6 Å². The summed E-state index contributed by atoms with van der Waals surface area (Å²) in [7, 11) is 0. The number of thioether (sulfide) groups is 1. The predicted octanol–water partition coefficient (Wildman–Crippen LogP) is -1.01. The molecule has 0 aromatic rings. The molecular weight excluding hydrogens is 472 g/mol. The lowest BCUT2D eigenvalue weighted by Crippen LogP contribution is -2.57. The Morgan fingerprint density at radius 2 is 1.32 bits per heavy atom. The molecule has 0 rings (SSSR count). The molecule has 0 aromatic heterocycles. The van der Waals surface area contributed by atoms with Gasteiger partial charge in [0.1, 0.15) is 18.1 Å². The first kappa shape index (κ1) is 31.1. The van der Waals surface area contributed by atoms with Crippen LogP contribution < -0.4 is 21.7 Å². The Kier molecular flexibility index (Phi) is 14.5. The lowest BCUT2D eigenvalue weighted by Gasteiger charge is -2.25. The predicted molar refractivity (Wildman–Crippen MR) is 123 cm³/mol. The number of hydrogen-bond acceptors (Lipinski definition) is 8. The molecule has 34 heavy (non-hydrogen) atoms. The average molecular weight is 507 g/mol. The molecule has 3 amide bonds. The molecule has 8 N–H and O–H groups in total. The van der Waals surface area contributed by atoms with Gasteiger partial charge in [0.15, 0.2) is 0 Å². The third kappa shape index (κ3) is 13.0. The van der Waals surface area contributed by atoms with Crippen molar-refractivity contribution in [1.29, 1.82) is 0 Å². The molecule has 0 spiro atoms. The van der Waals surface area contributed by atoms with Gasteiger partial charge in [0.2, 0.25) is 17.7 Å². The van der Waals surface area contributed by atoms with Gasteiger partial charge < -0.3 is 37.0 Å². The maximum absolute atomic E-state index is 12.7. The van der Waals surface area contributed by atoms with Crippen molar-refractivity contribution in [2.45, 2.75) is 70.1 Å². The fraction of sp³-hybridized carbons (Fsp3) is 0.700. The summed E-state index contributed by atoms with van der Waals surface area (Å²) < 4.78 is 0. The van der Waals surface area contributed by atoms with E-state index in [2.05, 4.69) is 16.0 Å². The standard InChI is InChI=1S/C20H34N4O9S/c1-10(2)8-14(20(32)33)24-18(30)12(4-5-15(25)26)22-19(31)13(9-16(27)28)23-17(29)11(21)6-7-34-3/h10-14H,4-9,21H2,1-3H3,(H,22,31)(H,23,29)(H,24,30)(H,25,26)(H,27,28)(H,32,33). The summed E-state index contributed by atoms with van der Waals surface area (Å²) in [5.74, 6) is -6.26. The van der Waals surface area contributed by atoms with Crippen LogP contribution in [0.4, 0.5) is 0 Å². The Hall–Kier alpha value is -2.87. The van der Waals surface area contributed by atoms with E-state index >= 15 is 0 Å². The number of nitrogens with one attached hydrogen (secondary N) is 3. The van der Waals surface area contributed by atoms with E-state index in [1.54, 1.807) is 13.8 Å². The highest BCUT2D eigenvalue weighted by molar-refractivity contribution is 7.98. The lowest BCUT2D eigenvalue weighted by molar-refractivity contribution is -0.144. The molecule has 4 unspecified atom stereocenters. The quantitative estimate of drug-likeness (QED) is 0.126. The van der Waals surface area contributed by atoms with Gasteiger partial charge in [0.05, 0.1) is 12.5 Å². The summed E-state index contributed by atoms with van der Waals surface area (Å²) in [5.41, 5.74) is 5.75. The normalized spacial score (nSPS) is 14.4. The highest BCUT2D eigenvalue weighted by atomic mass is 32.2. The molecule has 0 radical (unpaired) electrons. The molecule has 14 heteroatoms. The molecular formula is C20H34N4O9S. The number of carboxylic acids is 3. The van der Waals surface area contributed by atoms with Gasteiger partial charge in [0, 0.05) is 6.42 Å². The van der Waals surface area contributed by atoms with Crippen molar-refractivity contribution in [2.24, 2.45) is 11.7 Å². The van der Waals surface area contributed by atoms with E-state index in [4.69, 9.17) is 15.9 Å². The van der Waals surface area contributed by atoms with Crippen LogP contribution in [0.2, 0.25) is 0 Å². The molecule has 0 aliphatic rings. The molecule has 4 atom stereocenters. The van der Waals surface area contributed by atoms with E-state index in [1.807, 2.05) is 6.26 Å². The van der Waals surface area contributed by atoms with Gasteiger partial charge in [-0.2, -0.15) is 11.8 Å². The third-order valence-electron chi connectivity index (χ3n) is 4.58. The number of amides is 3. The Morgan fingerprint density at radius 3 is 1.79 bits per heavy atom. The second kappa shape index (κ2) is 15.9. The van der Waals surface area contributed by atoms with E-state index in [0.717, 1.165) is 0 Å². The number of aliphatic carboxylic acids is 3. The van der Waals surface area contributed by atoms with Crippen LogP contribution in [0.3, 0.4) is 0 Å². The minimum absolute atomic E-state index is 0.0843. The molecule has 0 fully saturated rings.